The molecule has 3 unspecified atom stereocenters. The van der Waals surface area contributed by atoms with Crippen LogP contribution in [-0.4, -0.2) is 35.9 Å². The number of rotatable bonds is 6. The molecule has 1 aliphatic heterocycles. The van der Waals surface area contributed by atoms with Crippen molar-refractivity contribution in [1.29, 1.82) is 0 Å². The molecule has 0 spiro atoms. The molecular formula is C13H23NO3. The normalized spacial score (nSPS) is 31.1. The van der Waals surface area contributed by atoms with Crippen LogP contribution in [0.5, 0.6) is 0 Å². The molecule has 3 atom stereocenters. The Balaban J connectivity index is 1.82. The van der Waals surface area contributed by atoms with Crippen molar-refractivity contribution in [2.75, 3.05) is 6.61 Å². The van der Waals surface area contributed by atoms with Crippen molar-refractivity contribution < 1.29 is 14.6 Å². The second-order valence-electron chi connectivity index (χ2n) is 5.32. The van der Waals surface area contributed by atoms with Gasteiger partial charge in [-0.05, 0) is 38.0 Å². The maximum absolute atomic E-state index is 11.2. The highest BCUT2D eigenvalue weighted by molar-refractivity contribution is 5.74. The van der Waals surface area contributed by atoms with Crippen LogP contribution < -0.4 is 5.32 Å². The molecule has 2 N–H and O–H groups in total. The lowest BCUT2D eigenvalue weighted by molar-refractivity contribution is -0.140. The van der Waals surface area contributed by atoms with E-state index in [1.807, 2.05) is 0 Å². The zero-order chi connectivity index (χ0) is 12.3. The summed E-state index contributed by atoms with van der Waals surface area (Å²) < 4.78 is 5.68. The average Bonchev–Trinajstić information content (AvgIpc) is 3.10. The Labute approximate surface area is 103 Å². The lowest BCUT2D eigenvalue weighted by Gasteiger charge is -2.32. The van der Waals surface area contributed by atoms with E-state index in [2.05, 4.69) is 12.2 Å². The van der Waals surface area contributed by atoms with Crippen LogP contribution in [0.15, 0.2) is 0 Å². The van der Waals surface area contributed by atoms with Gasteiger partial charge in [-0.1, -0.05) is 13.3 Å². The van der Waals surface area contributed by atoms with E-state index in [1.54, 1.807) is 0 Å². The lowest BCUT2D eigenvalue weighted by Crippen LogP contribution is -2.48. The maximum Gasteiger partial charge on any atom is 0.320 e. The summed E-state index contributed by atoms with van der Waals surface area (Å²) in [5.41, 5.74) is 0. The third-order valence-electron chi connectivity index (χ3n) is 3.75. The Bertz CT molecular complexity index is 263. The molecule has 0 aromatic rings. The predicted octanol–water partition coefficient (Wildman–Crippen LogP) is 1.79. The van der Waals surface area contributed by atoms with Crippen molar-refractivity contribution in [3.8, 4) is 0 Å². The minimum Gasteiger partial charge on any atom is -0.480 e. The highest BCUT2D eigenvalue weighted by Gasteiger charge is 2.38. The summed E-state index contributed by atoms with van der Waals surface area (Å²) >= 11 is 0. The molecule has 2 rings (SSSR count). The van der Waals surface area contributed by atoms with Crippen molar-refractivity contribution in [2.24, 2.45) is 5.92 Å². The topological polar surface area (TPSA) is 58.6 Å². The number of hydrogen-bond donors (Lipinski definition) is 2. The van der Waals surface area contributed by atoms with Gasteiger partial charge in [0.1, 0.15) is 6.04 Å². The van der Waals surface area contributed by atoms with Crippen LogP contribution >= 0.6 is 0 Å². The summed E-state index contributed by atoms with van der Waals surface area (Å²) in [7, 11) is 0. The van der Waals surface area contributed by atoms with Crippen LogP contribution in [0.2, 0.25) is 0 Å². The van der Waals surface area contributed by atoms with Gasteiger partial charge in [-0.3, -0.25) is 4.79 Å². The number of aliphatic carboxylic acids is 1. The van der Waals surface area contributed by atoms with Gasteiger partial charge in [-0.25, -0.2) is 0 Å². The highest BCUT2D eigenvalue weighted by atomic mass is 16.5. The standard InChI is InChI=1S/C13H23NO3/c1-2-3-11-8-10(6-7-17-11)14-12(13(15)16)9-4-5-9/h9-12,14H,2-8H2,1H3,(H,15,16). The van der Waals surface area contributed by atoms with Gasteiger partial charge in [0.15, 0.2) is 0 Å². The minimum absolute atomic E-state index is 0.319. The Morgan fingerprint density at radius 2 is 2.24 bits per heavy atom. The first-order valence-corrected chi connectivity index (χ1v) is 6.81. The molecule has 1 saturated carbocycles. The van der Waals surface area contributed by atoms with Crippen molar-refractivity contribution in [3.05, 3.63) is 0 Å². The van der Waals surface area contributed by atoms with Crippen molar-refractivity contribution in [1.82, 2.24) is 5.32 Å². The van der Waals surface area contributed by atoms with Crippen LogP contribution in [0.1, 0.15) is 45.4 Å². The van der Waals surface area contributed by atoms with Crippen molar-refractivity contribution in [2.45, 2.75) is 63.6 Å². The molecule has 0 aromatic carbocycles. The molecule has 2 fully saturated rings. The van der Waals surface area contributed by atoms with E-state index in [9.17, 15) is 9.90 Å². The van der Waals surface area contributed by atoms with Crippen LogP contribution in [0.25, 0.3) is 0 Å². The molecule has 1 aliphatic carbocycles. The van der Waals surface area contributed by atoms with Gasteiger partial charge in [0.25, 0.3) is 0 Å². The van der Waals surface area contributed by atoms with E-state index < -0.39 is 5.97 Å². The summed E-state index contributed by atoms with van der Waals surface area (Å²) in [6.07, 6.45) is 6.56. The molecule has 0 bridgehead atoms. The molecule has 0 aromatic heterocycles. The van der Waals surface area contributed by atoms with Crippen molar-refractivity contribution in [3.63, 3.8) is 0 Å². The zero-order valence-corrected chi connectivity index (χ0v) is 10.5. The van der Waals surface area contributed by atoms with Crippen LogP contribution in [0, 0.1) is 5.92 Å². The molecule has 4 nitrogen and oxygen atoms in total. The Hall–Kier alpha value is -0.610. The number of hydrogen-bond acceptors (Lipinski definition) is 3. The van der Waals surface area contributed by atoms with Gasteiger partial charge < -0.3 is 15.2 Å². The molecule has 2 aliphatic rings. The zero-order valence-electron chi connectivity index (χ0n) is 10.5. The summed E-state index contributed by atoms with van der Waals surface area (Å²) in [5.74, 6) is -0.328. The fraction of sp³-hybridized carbons (Fsp3) is 0.923. The Morgan fingerprint density at radius 3 is 2.82 bits per heavy atom. The van der Waals surface area contributed by atoms with Gasteiger partial charge in [0.05, 0.1) is 6.10 Å². The van der Waals surface area contributed by atoms with Crippen molar-refractivity contribution >= 4 is 5.97 Å². The Morgan fingerprint density at radius 1 is 1.47 bits per heavy atom. The molecule has 4 heteroatoms. The van der Waals surface area contributed by atoms with Crippen LogP contribution in [0.4, 0.5) is 0 Å². The molecule has 98 valence electrons. The number of carboxylic acids is 1. The summed E-state index contributed by atoms with van der Waals surface area (Å²) in [6, 6.07) is -0.0117. The number of carbonyl (C=O) groups is 1. The van der Waals surface area contributed by atoms with Gasteiger partial charge in [0, 0.05) is 12.6 Å². The number of carboxylic acid groups (broad SMARTS) is 1. The van der Waals surface area contributed by atoms with Crippen LogP contribution in [-0.2, 0) is 9.53 Å². The van der Waals surface area contributed by atoms with E-state index in [1.165, 1.54) is 0 Å². The molecule has 1 saturated heterocycles. The maximum atomic E-state index is 11.2. The first-order valence-electron chi connectivity index (χ1n) is 6.81. The fourth-order valence-corrected chi connectivity index (χ4v) is 2.65. The Kier molecular flexibility index (Phi) is 4.40. The second-order valence-corrected chi connectivity index (χ2v) is 5.32. The average molecular weight is 241 g/mol. The largest absolute Gasteiger partial charge is 0.480 e. The van der Waals surface area contributed by atoms with Crippen LogP contribution in [0.3, 0.4) is 0 Å². The lowest BCUT2D eigenvalue weighted by atomic mass is 9.98. The quantitative estimate of drug-likeness (QED) is 0.744. The first-order chi connectivity index (χ1) is 8.20. The predicted molar refractivity (Wildman–Crippen MR) is 65.0 cm³/mol. The SMILES string of the molecule is CCCC1CC(NC(C(=O)O)C2CC2)CCO1. The molecule has 17 heavy (non-hydrogen) atoms. The third-order valence-corrected chi connectivity index (χ3v) is 3.75. The van der Waals surface area contributed by atoms with E-state index in [-0.39, 0.29) is 6.04 Å². The van der Waals surface area contributed by atoms with Gasteiger partial charge in [0.2, 0.25) is 0 Å². The summed E-state index contributed by atoms with van der Waals surface area (Å²) in [5, 5.41) is 12.5. The molecule has 0 amide bonds. The summed E-state index contributed by atoms with van der Waals surface area (Å²) in [6.45, 7) is 2.92. The van der Waals surface area contributed by atoms with Gasteiger partial charge >= 0.3 is 5.97 Å². The molecule has 0 radical (unpaired) electrons. The van der Waals surface area contributed by atoms with E-state index >= 15 is 0 Å². The summed E-state index contributed by atoms with van der Waals surface area (Å²) in [4.78, 5) is 11.2. The van der Waals surface area contributed by atoms with E-state index in [0.29, 0.717) is 18.1 Å². The molecule has 1 heterocycles. The minimum atomic E-state index is -0.689. The third kappa shape index (κ3) is 3.68. The van der Waals surface area contributed by atoms with Gasteiger partial charge in [-0.15, -0.1) is 0 Å². The first kappa shape index (κ1) is 12.8. The smallest absolute Gasteiger partial charge is 0.320 e. The second kappa shape index (κ2) is 5.83. The number of nitrogens with one attached hydrogen (secondary N) is 1. The monoisotopic (exact) mass is 241 g/mol. The van der Waals surface area contributed by atoms with Gasteiger partial charge in [-0.2, -0.15) is 0 Å². The molecular weight excluding hydrogens is 218 g/mol. The van der Waals surface area contributed by atoms with E-state index in [4.69, 9.17) is 4.74 Å². The highest BCUT2D eigenvalue weighted by Crippen LogP contribution is 2.33. The number of ether oxygens (including phenoxy) is 1. The fourth-order valence-electron chi connectivity index (χ4n) is 2.65. The van der Waals surface area contributed by atoms with E-state index in [0.717, 1.165) is 45.1 Å².